The zero-order valence-corrected chi connectivity index (χ0v) is 16.9. The number of benzene rings is 2. The first-order valence-corrected chi connectivity index (χ1v) is 10.7. The van der Waals surface area contributed by atoms with Crippen molar-refractivity contribution in [2.45, 2.75) is 58.3 Å². The molecule has 4 atom stereocenters. The molecule has 2 aliphatic rings. The molecule has 2 heteroatoms. The number of hydrogen-bond donors (Lipinski definition) is 0. The van der Waals surface area contributed by atoms with E-state index in [1.54, 1.807) is 19.1 Å². The fourth-order valence-electron chi connectivity index (χ4n) is 5.48. The van der Waals surface area contributed by atoms with Crippen LogP contribution in [0.3, 0.4) is 0 Å². The van der Waals surface area contributed by atoms with Gasteiger partial charge in [0.05, 0.1) is 0 Å². The quantitative estimate of drug-likeness (QED) is 0.476. The van der Waals surface area contributed by atoms with Gasteiger partial charge in [0, 0.05) is 5.56 Å². The average Bonchev–Trinajstić information content (AvgIpc) is 2.72. The topological polar surface area (TPSA) is 0 Å². The second-order valence-corrected chi connectivity index (χ2v) is 8.81. The average molecular weight is 381 g/mol. The summed E-state index contributed by atoms with van der Waals surface area (Å²) in [6, 6.07) is 11.5. The maximum absolute atomic E-state index is 14.3. The van der Waals surface area contributed by atoms with Crippen LogP contribution in [0.4, 0.5) is 8.78 Å². The van der Waals surface area contributed by atoms with Crippen LogP contribution in [0.25, 0.3) is 11.1 Å². The zero-order chi connectivity index (χ0) is 19.7. The number of fused-ring (bicyclic) bond motifs is 1. The predicted molar refractivity (Wildman–Crippen MR) is 112 cm³/mol. The summed E-state index contributed by atoms with van der Waals surface area (Å²) in [6.45, 7) is 3.72. The van der Waals surface area contributed by atoms with Gasteiger partial charge in [0.2, 0.25) is 0 Å². The fraction of sp³-hybridized carbons (Fsp3) is 0.462. The normalized spacial score (nSPS) is 27.7. The van der Waals surface area contributed by atoms with Crippen LogP contribution < -0.4 is 0 Å². The molecule has 0 heterocycles. The number of aryl methyl sites for hydroxylation is 1. The Morgan fingerprint density at radius 3 is 2.29 bits per heavy atom. The van der Waals surface area contributed by atoms with Crippen molar-refractivity contribution in [2.75, 3.05) is 0 Å². The van der Waals surface area contributed by atoms with E-state index >= 15 is 0 Å². The lowest BCUT2D eigenvalue weighted by molar-refractivity contribution is 0.133. The molecule has 2 saturated carbocycles. The lowest BCUT2D eigenvalue weighted by Crippen LogP contribution is -2.30. The summed E-state index contributed by atoms with van der Waals surface area (Å²) in [5, 5.41) is 0. The van der Waals surface area contributed by atoms with Gasteiger partial charge >= 0.3 is 0 Å². The standard InChI is InChI=1S/C26H30F2/c1-3-4-18-6-7-23-16-22(13-12-21(23)15-18)19-8-10-20(11-9-19)24-14-5-17(2)25(27)26(24)28/h3-5,8-11,14,18,21-23H,6-7,12-13,15-16H2,1-2H3/b4-3+. The maximum atomic E-state index is 14.3. The van der Waals surface area contributed by atoms with E-state index in [0.717, 1.165) is 23.3 Å². The molecule has 2 aromatic carbocycles. The molecular weight excluding hydrogens is 350 g/mol. The fourth-order valence-corrected chi connectivity index (χ4v) is 5.48. The van der Waals surface area contributed by atoms with Gasteiger partial charge in [-0.3, -0.25) is 0 Å². The minimum atomic E-state index is -0.744. The lowest BCUT2D eigenvalue weighted by atomic mass is 9.64. The molecule has 148 valence electrons. The van der Waals surface area contributed by atoms with Gasteiger partial charge in [0.25, 0.3) is 0 Å². The number of halogens is 2. The Kier molecular flexibility index (Phi) is 5.66. The van der Waals surface area contributed by atoms with Gasteiger partial charge in [-0.2, -0.15) is 0 Å². The van der Waals surface area contributed by atoms with E-state index in [-0.39, 0.29) is 0 Å². The predicted octanol–water partition coefficient (Wildman–Crippen LogP) is 7.82. The number of hydrogen-bond acceptors (Lipinski definition) is 0. The van der Waals surface area contributed by atoms with Gasteiger partial charge in [0.1, 0.15) is 0 Å². The van der Waals surface area contributed by atoms with Crippen LogP contribution in [-0.2, 0) is 0 Å². The third kappa shape index (κ3) is 3.79. The molecule has 0 aliphatic heterocycles. The van der Waals surface area contributed by atoms with E-state index < -0.39 is 11.6 Å². The molecule has 0 saturated heterocycles. The Morgan fingerprint density at radius 1 is 0.821 bits per heavy atom. The van der Waals surface area contributed by atoms with Crippen molar-refractivity contribution in [1.29, 1.82) is 0 Å². The number of rotatable bonds is 3. The molecule has 4 unspecified atom stereocenters. The van der Waals surface area contributed by atoms with Crippen LogP contribution in [0.5, 0.6) is 0 Å². The summed E-state index contributed by atoms with van der Waals surface area (Å²) >= 11 is 0. The zero-order valence-electron chi connectivity index (χ0n) is 16.9. The van der Waals surface area contributed by atoms with Crippen molar-refractivity contribution in [1.82, 2.24) is 0 Å². The minimum absolute atomic E-state index is 0.346. The largest absolute Gasteiger partial charge is 0.203 e. The second-order valence-electron chi connectivity index (χ2n) is 8.81. The van der Waals surface area contributed by atoms with Crippen LogP contribution >= 0.6 is 0 Å². The van der Waals surface area contributed by atoms with E-state index in [1.165, 1.54) is 44.1 Å². The first kappa shape index (κ1) is 19.4. The van der Waals surface area contributed by atoms with Crippen molar-refractivity contribution in [2.24, 2.45) is 17.8 Å². The van der Waals surface area contributed by atoms with Crippen molar-refractivity contribution >= 4 is 0 Å². The summed E-state index contributed by atoms with van der Waals surface area (Å²) in [6.07, 6.45) is 12.5. The van der Waals surface area contributed by atoms with Crippen LogP contribution in [0.15, 0.2) is 48.6 Å². The van der Waals surface area contributed by atoms with E-state index in [1.807, 2.05) is 12.1 Å². The summed E-state index contributed by atoms with van der Waals surface area (Å²) in [5.41, 5.74) is 2.80. The Bertz CT molecular complexity index is 849. The maximum Gasteiger partial charge on any atom is 0.166 e. The Labute approximate surface area is 167 Å². The summed E-state index contributed by atoms with van der Waals surface area (Å²) < 4.78 is 28.2. The molecule has 0 bridgehead atoms. The van der Waals surface area contributed by atoms with Crippen LogP contribution in [-0.4, -0.2) is 0 Å². The Balaban J connectivity index is 1.46. The van der Waals surface area contributed by atoms with E-state index in [0.29, 0.717) is 17.0 Å². The molecule has 0 spiro atoms. The van der Waals surface area contributed by atoms with Crippen LogP contribution in [0.2, 0.25) is 0 Å². The van der Waals surface area contributed by atoms with Crippen LogP contribution in [0, 0.1) is 36.3 Å². The smallest absolute Gasteiger partial charge is 0.166 e. The van der Waals surface area contributed by atoms with Crippen molar-refractivity contribution < 1.29 is 8.78 Å². The Hall–Kier alpha value is -1.96. The third-order valence-electron chi connectivity index (χ3n) is 7.09. The first-order chi connectivity index (χ1) is 13.6. The minimum Gasteiger partial charge on any atom is -0.203 e. The molecule has 2 fully saturated rings. The van der Waals surface area contributed by atoms with Gasteiger partial charge < -0.3 is 0 Å². The summed E-state index contributed by atoms with van der Waals surface area (Å²) in [7, 11) is 0. The van der Waals surface area contributed by atoms with Gasteiger partial charge in [-0.05, 0) is 92.7 Å². The highest BCUT2D eigenvalue weighted by Crippen LogP contribution is 2.48. The van der Waals surface area contributed by atoms with Crippen molar-refractivity contribution in [3.05, 3.63) is 71.3 Å². The molecule has 4 rings (SSSR count). The third-order valence-corrected chi connectivity index (χ3v) is 7.09. The van der Waals surface area contributed by atoms with Gasteiger partial charge in [-0.25, -0.2) is 8.78 Å². The molecule has 0 nitrogen and oxygen atoms in total. The van der Waals surface area contributed by atoms with E-state index in [2.05, 4.69) is 31.2 Å². The first-order valence-electron chi connectivity index (χ1n) is 10.7. The van der Waals surface area contributed by atoms with Gasteiger partial charge in [-0.1, -0.05) is 48.6 Å². The summed E-state index contributed by atoms with van der Waals surface area (Å²) in [4.78, 5) is 0. The van der Waals surface area contributed by atoms with E-state index in [9.17, 15) is 8.78 Å². The molecule has 2 aliphatic carbocycles. The Morgan fingerprint density at radius 2 is 1.54 bits per heavy atom. The summed E-state index contributed by atoms with van der Waals surface area (Å²) in [5.74, 6) is 1.64. The molecule has 0 aromatic heterocycles. The second kappa shape index (κ2) is 8.19. The lowest BCUT2D eigenvalue weighted by Gasteiger charge is -2.41. The van der Waals surface area contributed by atoms with Gasteiger partial charge in [0.15, 0.2) is 11.6 Å². The van der Waals surface area contributed by atoms with E-state index in [4.69, 9.17) is 0 Å². The van der Waals surface area contributed by atoms with Crippen molar-refractivity contribution in [3.8, 4) is 11.1 Å². The molecular formula is C26H30F2. The molecule has 2 aromatic rings. The molecule has 0 N–H and O–H groups in total. The number of allylic oxidation sites excluding steroid dienone is 2. The monoisotopic (exact) mass is 380 g/mol. The highest BCUT2D eigenvalue weighted by molar-refractivity contribution is 5.65. The molecule has 28 heavy (non-hydrogen) atoms. The SMILES string of the molecule is C/C=C/C1CCC2CC(c3ccc(-c4ccc(C)c(F)c4F)cc3)CCC2C1. The van der Waals surface area contributed by atoms with Gasteiger partial charge in [-0.15, -0.1) is 0 Å². The molecule has 0 amide bonds. The van der Waals surface area contributed by atoms with Crippen LogP contribution in [0.1, 0.15) is 62.5 Å². The molecule has 0 radical (unpaired) electrons. The highest BCUT2D eigenvalue weighted by Gasteiger charge is 2.35. The van der Waals surface area contributed by atoms with Crippen molar-refractivity contribution in [3.63, 3.8) is 0 Å². The highest BCUT2D eigenvalue weighted by atomic mass is 19.2.